The van der Waals surface area contributed by atoms with Crippen LogP contribution in [0, 0.1) is 5.92 Å². The largest absolute Gasteiger partial charge is 0.490 e. The van der Waals surface area contributed by atoms with Gasteiger partial charge in [0.05, 0.1) is 19.0 Å². The third-order valence-corrected chi connectivity index (χ3v) is 3.38. The summed E-state index contributed by atoms with van der Waals surface area (Å²) < 4.78 is 33.1. The maximum Gasteiger partial charge on any atom is 0.209 e. The van der Waals surface area contributed by atoms with E-state index in [0.29, 0.717) is 18.1 Å². The Labute approximate surface area is 114 Å². The summed E-state index contributed by atoms with van der Waals surface area (Å²) in [5.74, 6) is 1.03. The van der Waals surface area contributed by atoms with E-state index in [2.05, 4.69) is 0 Å². The van der Waals surface area contributed by atoms with Crippen LogP contribution in [0.1, 0.15) is 20.3 Å². The molecule has 0 saturated carbocycles. The molecule has 1 rings (SSSR count). The molecule has 19 heavy (non-hydrogen) atoms. The minimum Gasteiger partial charge on any atom is -0.490 e. The van der Waals surface area contributed by atoms with Crippen LogP contribution < -0.4 is 14.6 Å². The molecule has 6 heteroatoms. The third-order valence-electron chi connectivity index (χ3n) is 2.35. The molecule has 2 N–H and O–H groups in total. The van der Waals surface area contributed by atoms with Crippen molar-refractivity contribution >= 4 is 10.0 Å². The maximum absolute atomic E-state index is 11.0. The van der Waals surface area contributed by atoms with Gasteiger partial charge in [-0.1, -0.05) is 26.0 Å². The highest BCUT2D eigenvalue weighted by molar-refractivity contribution is 7.89. The van der Waals surface area contributed by atoms with Crippen LogP contribution >= 0.6 is 0 Å². The predicted molar refractivity (Wildman–Crippen MR) is 74.9 cm³/mol. The van der Waals surface area contributed by atoms with Gasteiger partial charge in [-0.2, -0.15) is 0 Å². The summed E-state index contributed by atoms with van der Waals surface area (Å²) in [7, 11) is -3.46. The standard InChI is InChI=1S/C13H21NO4S/c1-3-8-17-12-6-4-5-7-13(12)18-9-11(2)10-19(14,15)16/h4-7,11H,3,8-10H2,1-2H3,(H2,14,15,16). The lowest BCUT2D eigenvalue weighted by atomic mass is 10.2. The minimum atomic E-state index is -3.46. The number of rotatable bonds is 8. The van der Waals surface area contributed by atoms with E-state index in [0.717, 1.165) is 6.42 Å². The molecule has 0 amide bonds. The summed E-state index contributed by atoms with van der Waals surface area (Å²) in [6.07, 6.45) is 0.913. The average Bonchev–Trinajstić information content (AvgIpc) is 2.32. The quantitative estimate of drug-likeness (QED) is 0.790. The number of ether oxygens (including phenoxy) is 2. The van der Waals surface area contributed by atoms with Gasteiger partial charge in [-0.3, -0.25) is 0 Å². The van der Waals surface area contributed by atoms with E-state index in [4.69, 9.17) is 14.6 Å². The SMILES string of the molecule is CCCOc1ccccc1OCC(C)CS(N)(=O)=O. The summed E-state index contributed by atoms with van der Waals surface area (Å²) >= 11 is 0. The van der Waals surface area contributed by atoms with Crippen LogP contribution in [0.15, 0.2) is 24.3 Å². The Hall–Kier alpha value is -1.27. The van der Waals surface area contributed by atoms with Crippen LogP contribution in [-0.2, 0) is 10.0 Å². The van der Waals surface area contributed by atoms with Crippen molar-refractivity contribution < 1.29 is 17.9 Å². The lowest BCUT2D eigenvalue weighted by molar-refractivity contribution is 0.244. The first kappa shape index (κ1) is 15.8. The molecule has 0 bridgehead atoms. The first-order valence-corrected chi connectivity index (χ1v) is 7.99. The summed E-state index contributed by atoms with van der Waals surface area (Å²) in [6.45, 7) is 4.70. The summed E-state index contributed by atoms with van der Waals surface area (Å²) in [6, 6.07) is 7.34. The van der Waals surface area contributed by atoms with Crippen molar-refractivity contribution in [3.63, 3.8) is 0 Å². The van der Waals surface area contributed by atoms with Crippen molar-refractivity contribution in [2.45, 2.75) is 20.3 Å². The van der Waals surface area contributed by atoms with Gasteiger partial charge in [0.2, 0.25) is 10.0 Å². The number of sulfonamides is 1. The Morgan fingerprint density at radius 1 is 1.21 bits per heavy atom. The van der Waals surface area contributed by atoms with Gasteiger partial charge in [-0.25, -0.2) is 13.6 Å². The Morgan fingerprint density at radius 3 is 2.32 bits per heavy atom. The molecule has 0 aliphatic carbocycles. The monoisotopic (exact) mass is 287 g/mol. The second kappa shape index (κ2) is 7.35. The molecular weight excluding hydrogens is 266 g/mol. The molecule has 0 aliphatic heterocycles. The fraction of sp³-hybridized carbons (Fsp3) is 0.538. The summed E-state index contributed by atoms with van der Waals surface area (Å²) in [5.41, 5.74) is 0. The molecule has 1 aromatic carbocycles. The lowest BCUT2D eigenvalue weighted by Gasteiger charge is -2.15. The normalized spacial score (nSPS) is 13.0. The van der Waals surface area contributed by atoms with Gasteiger partial charge in [-0.05, 0) is 18.6 Å². The Balaban J connectivity index is 2.57. The van der Waals surface area contributed by atoms with E-state index in [-0.39, 0.29) is 18.3 Å². The molecule has 1 aromatic rings. The van der Waals surface area contributed by atoms with Crippen molar-refractivity contribution in [1.29, 1.82) is 0 Å². The molecule has 108 valence electrons. The van der Waals surface area contributed by atoms with Crippen molar-refractivity contribution in [2.24, 2.45) is 11.1 Å². The molecule has 0 heterocycles. The zero-order valence-corrected chi connectivity index (χ0v) is 12.2. The topological polar surface area (TPSA) is 78.6 Å². The van der Waals surface area contributed by atoms with Crippen LogP contribution in [0.25, 0.3) is 0 Å². The van der Waals surface area contributed by atoms with Crippen LogP contribution in [0.4, 0.5) is 0 Å². The number of nitrogens with two attached hydrogens (primary N) is 1. The highest BCUT2D eigenvalue weighted by Crippen LogP contribution is 2.26. The molecule has 1 atom stereocenters. The van der Waals surface area contributed by atoms with Crippen LogP contribution in [0.2, 0.25) is 0 Å². The number of hydrogen-bond acceptors (Lipinski definition) is 4. The fourth-order valence-corrected chi connectivity index (χ4v) is 2.47. The Bertz CT molecular complexity index is 487. The van der Waals surface area contributed by atoms with Crippen LogP contribution in [0.5, 0.6) is 11.5 Å². The molecular formula is C13H21NO4S. The van der Waals surface area contributed by atoms with E-state index < -0.39 is 10.0 Å². The van der Waals surface area contributed by atoms with Crippen molar-refractivity contribution in [3.8, 4) is 11.5 Å². The zero-order chi connectivity index (χ0) is 14.3. The number of benzene rings is 1. The first-order chi connectivity index (χ1) is 8.92. The van der Waals surface area contributed by atoms with Crippen molar-refractivity contribution in [3.05, 3.63) is 24.3 Å². The maximum atomic E-state index is 11.0. The van der Waals surface area contributed by atoms with Gasteiger partial charge >= 0.3 is 0 Å². The average molecular weight is 287 g/mol. The summed E-state index contributed by atoms with van der Waals surface area (Å²) in [5, 5.41) is 4.99. The second-order valence-corrected chi connectivity index (χ2v) is 6.20. The molecule has 0 radical (unpaired) electrons. The zero-order valence-electron chi connectivity index (χ0n) is 11.3. The van der Waals surface area contributed by atoms with Gasteiger partial charge in [-0.15, -0.1) is 0 Å². The second-order valence-electron chi connectivity index (χ2n) is 4.54. The molecule has 1 unspecified atom stereocenters. The van der Waals surface area contributed by atoms with Crippen molar-refractivity contribution in [2.75, 3.05) is 19.0 Å². The van der Waals surface area contributed by atoms with Gasteiger partial charge in [0, 0.05) is 5.92 Å². The van der Waals surface area contributed by atoms with Crippen LogP contribution in [-0.4, -0.2) is 27.4 Å². The van der Waals surface area contributed by atoms with E-state index in [1.165, 1.54) is 0 Å². The predicted octanol–water partition coefficient (Wildman–Crippen LogP) is 1.78. The highest BCUT2D eigenvalue weighted by Gasteiger charge is 2.13. The van der Waals surface area contributed by atoms with E-state index >= 15 is 0 Å². The number of para-hydroxylation sites is 2. The van der Waals surface area contributed by atoms with Gasteiger partial charge in [0.15, 0.2) is 11.5 Å². The Kier molecular flexibility index (Phi) is 6.11. The molecule has 0 spiro atoms. The highest BCUT2D eigenvalue weighted by atomic mass is 32.2. The first-order valence-electron chi connectivity index (χ1n) is 6.27. The van der Waals surface area contributed by atoms with E-state index in [1.54, 1.807) is 13.0 Å². The van der Waals surface area contributed by atoms with Gasteiger partial charge in [0.1, 0.15) is 0 Å². The van der Waals surface area contributed by atoms with Gasteiger partial charge < -0.3 is 9.47 Å². The number of hydrogen-bond donors (Lipinski definition) is 1. The fourth-order valence-electron chi connectivity index (χ4n) is 1.58. The van der Waals surface area contributed by atoms with E-state index in [9.17, 15) is 8.42 Å². The molecule has 0 saturated heterocycles. The molecule has 5 nitrogen and oxygen atoms in total. The van der Waals surface area contributed by atoms with Gasteiger partial charge in [0.25, 0.3) is 0 Å². The van der Waals surface area contributed by atoms with Crippen LogP contribution in [0.3, 0.4) is 0 Å². The summed E-state index contributed by atoms with van der Waals surface area (Å²) in [4.78, 5) is 0. The Morgan fingerprint density at radius 2 is 1.79 bits per heavy atom. The third kappa shape index (κ3) is 6.45. The van der Waals surface area contributed by atoms with E-state index in [1.807, 2.05) is 25.1 Å². The smallest absolute Gasteiger partial charge is 0.209 e. The lowest BCUT2D eigenvalue weighted by Crippen LogP contribution is -2.25. The number of primary sulfonamides is 1. The molecule has 0 aromatic heterocycles. The minimum absolute atomic E-state index is 0.0923. The molecule has 0 fully saturated rings. The van der Waals surface area contributed by atoms with Crippen molar-refractivity contribution in [1.82, 2.24) is 0 Å². The molecule has 0 aliphatic rings.